The Bertz CT molecular complexity index is 656. The molecule has 3 heteroatoms. The molecule has 164 valence electrons. The number of rotatable bonds is 4. The maximum Gasteiger partial charge on any atom is 0.305 e. The van der Waals surface area contributed by atoms with Crippen molar-refractivity contribution in [3.05, 3.63) is 0 Å². The summed E-state index contributed by atoms with van der Waals surface area (Å²) in [4.78, 5) is 25.1. The quantitative estimate of drug-likeness (QED) is 0.538. The van der Waals surface area contributed by atoms with Crippen molar-refractivity contribution in [2.24, 2.45) is 52.3 Å². The summed E-state index contributed by atoms with van der Waals surface area (Å²) >= 11 is 0. The van der Waals surface area contributed by atoms with Crippen LogP contribution in [0.3, 0.4) is 0 Å². The van der Waals surface area contributed by atoms with Gasteiger partial charge in [0.2, 0.25) is 0 Å². The van der Waals surface area contributed by atoms with Crippen LogP contribution in [-0.2, 0) is 14.3 Å². The first-order chi connectivity index (χ1) is 13.7. The van der Waals surface area contributed by atoms with E-state index in [1.54, 1.807) is 0 Å². The molecule has 0 heterocycles. The molecule has 0 radical (unpaired) electrons. The lowest BCUT2D eigenvalue weighted by molar-refractivity contribution is -0.158. The predicted octanol–water partition coefficient (Wildman–Crippen LogP) is 6.05. The lowest BCUT2D eigenvalue weighted by Gasteiger charge is -2.60. The van der Waals surface area contributed by atoms with Crippen LogP contribution in [0.2, 0.25) is 0 Å². The van der Waals surface area contributed by atoms with Gasteiger partial charge in [0.15, 0.2) is 0 Å². The summed E-state index contributed by atoms with van der Waals surface area (Å²) in [5, 5.41) is 0. The maximum absolute atomic E-state index is 13.5. The van der Waals surface area contributed by atoms with Crippen LogP contribution in [0.4, 0.5) is 0 Å². The SMILES string of the molecule is COC(=O)CC[C@@H](C)[C@H]1CCC2C3C(=O)C[C@@H]4C[C@H](C)CC[C@]4(C)C3CC[C@@]21C. The second-order valence-corrected chi connectivity index (χ2v) is 11.8. The molecule has 0 bridgehead atoms. The zero-order chi connectivity index (χ0) is 21.0. The number of hydrogen-bond acceptors (Lipinski definition) is 3. The Morgan fingerprint density at radius 2 is 1.79 bits per heavy atom. The van der Waals surface area contributed by atoms with Crippen molar-refractivity contribution in [3.8, 4) is 0 Å². The molecule has 4 aliphatic rings. The zero-order valence-corrected chi connectivity index (χ0v) is 19.3. The molecule has 0 aromatic carbocycles. The van der Waals surface area contributed by atoms with Gasteiger partial charge in [-0.15, -0.1) is 0 Å². The second kappa shape index (κ2) is 7.68. The van der Waals surface area contributed by atoms with Gasteiger partial charge in [0.25, 0.3) is 0 Å². The Labute approximate surface area is 177 Å². The summed E-state index contributed by atoms with van der Waals surface area (Å²) in [6.45, 7) is 9.74. The molecule has 0 saturated heterocycles. The number of fused-ring (bicyclic) bond motifs is 5. The third-order valence-electron chi connectivity index (χ3n) is 10.5. The fraction of sp³-hybridized carbons (Fsp3) is 0.923. The van der Waals surface area contributed by atoms with Crippen molar-refractivity contribution in [1.29, 1.82) is 0 Å². The predicted molar refractivity (Wildman–Crippen MR) is 115 cm³/mol. The molecule has 0 aromatic rings. The molecular formula is C26H42O3. The number of hydrogen-bond donors (Lipinski definition) is 0. The first kappa shape index (κ1) is 21.4. The van der Waals surface area contributed by atoms with Crippen molar-refractivity contribution >= 4 is 11.8 Å². The number of carbonyl (C=O) groups excluding carboxylic acids is 2. The van der Waals surface area contributed by atoms with Crippen LogP contribution in [-0.4, -0.2) is 18.9 Å². The van der Waals surface area contributed by atoms with E-state index in [2.05, 4.69) is 27.7 Å². The largest absolute Gasteiger partial charge is 0.469 e. The molecule has 0 aliphatic heterocycles. The Kier molecular flexibility index (Phi) is 5.66. The van der Waals surface area contributed by atoms with Crippen molar-refractivity contribution < 1.29 is 14.3 Å². The zero-order valence-electron chi connectivity index (χ0n) is 19.3. The fourth-order valence-electron chi connectivity index (χ4n) is 8.77. The van der Waals surface area contributed by atoms with Gasteiger partial charge in [-0.05, 0) is 91.3 Å². The molecule has 0 spiro atoms. The van der Waals surface area contributed by atoms with E-state index in [1.807, 2.05) is 0 Å². The smallest absolute Gasteiger partial charge is 0.305 e. The van der Waals surface area contributed by atoms with Crippen LogP contribution < -0.4 is 0 Å². The molecule has 4 fully saturated rings. The third kappa shape index (κ3) is 3.39. The number of ketones is 1. The van der Waals surface area contributed by atoms with Crippen molar-refractivity contribution in [1.82, 2.24) is 0 Å². The maximum atomic E-state index is 13.5. The first-order valence-corrected chi connectivity index (χ1v) is 12.3. The van der Waals surface area contributed by atoms with Gasteiger partial charge in [-0.2, -0.15) is 0 Å². The van der Waals surface area contributed by atoms with Gasteiger partial charge >= 0.3 is 5.97 Å². The highest BCUT2D eigenvalue weighted by Gasteiger charge is 2.62. The topological polar surface area (TPSA) is 43.4 Å². The number of methoxy groups -OCH3 is 1. The van der Waals surface area contributed by atoms with Crippen LogP contribution in [0.15, 0.2) is 0 Å². The van der Waals surface area contributed by atoms with Gasteiger partial charge in [0.1, 0.15) is 5.78 Å². The van der Waals surface area contributed by atoms with E-state index in [0.717, 1.165) is 18.8 Å². The minimum Gasteiger partial charge on any atom is -0.469 e. The summed E-state index contributed by atoms with van der Waals surface area (Å²) in [5.41, 5.74) is 0.665. The molecular weight excluding hydrogens is 360 g/mol. The van der Waals surface area contributed by atoms with E-state index in [9.17, 15) is 9.59 Å². The lowest BCUT2D eigenvalue weighted by Crippen LogP contribution is -2.57. The van der Waals surface area contributed by atoms with E-state index >= 15 is 0 Å². The number of ether oxygens (including phenoxy) is 1. The molecule has 4 saturated carbocycles. The standard InChI is InChI=1S/C26H42O3/c1-16-10-12-25(3)18(14-16)15-22(27)24-20-8-7-19(17(2)6-9-23(28)29-5)26(20,4)13-11-21(24)25/h16-21,24H,6-15H2,1-5H3/t16-,17-,18+,19-,20?,21?,24?,25+,26-/m1/s1. The van der Waals surface area contributed by atoms with Gasteiger partial charge in [-0.3, -0.25) is 9.59 Å². The first-order valence-electron chi connectivity index (χ1n) is 12.3. The monoisotopic (exact) mass is 402 g/mol. The van der Waals surface area contributed by atoms with Crippen LogP contribution in [0, 0.1) is 52.3 Å². The average molecular weight is 403 g/mol. The number of esters is 1. The van der Waals surface area contributed by atoms with E-state index in [4.69, 9.17) is 4.74 Å². The van der Waals surface area contributed by atoms with E-state index in [-0.39, 0.29) is 11.4 Å². The molecule has 4 aliphatic carbocycles. The highest BCUT2D eigenvalue weighted by atomic mass is 16.5. The Balaban J connectivity index is 1.53. The van der Waals surface area contributed by atoms with Crippen molar-refractivity contribution in [2.45, 2.75) is 91.9 Å². The van der Waals surface area contributed by atoms with Gasteiger partial charge in [0, 0.05) is 18.8 Å². The number of Topliss-reactive ketones (excluding diaryl/α,β-unsaturated/α-hetero) is 1. The fourth-order valence-corrected chi connectivity index (χ4v) is 8.77. The summed E-state index contributed by atoms with van der Waals surface area (Å²) in [6, 6.07) is 0. The average Bonchev–Trinajstić information content (AvgIpc) is 3.04. The molecule has 0 aromatic heterocycles. The molecule has 3 unspecified atom stereocenters. The highest BCUT2D eigenvalue weighted by molar-refractivity contribution is 5.83. The summed E-state index contributed by atoms with van der Waals surface area (Å²) < 4.78 is 4.87. The van der Waals surface area contributed by atoms with E-state index < -0.39 is 0 Å². The van der Waals surface area contributed by atoms with Gasteiger partial charge in [0.05, 0.1) is 7.11 Å². The van der Waals surface area contributed by atoms with Gasteiger partial charge < -0.3 is 4.74 Å². The van der Waals surface area contributed by atoms with Crippen molar-refractivity contribution in [2.75, 3.05) is 7.11 Å². The lowest BCUT2D eigenvalue weighted by atomic mass is 9.43. The molecule has 4 rings (SSSR count). The molecule has 3 nitrogen and oxygen atoms in total. The van der Waals surface area contributed by atoms with Crippen LogP contribution in [0.25, 0.3) is 0 Å². The van der Waals surface area contributed by atoms with Crippen molar-refractivity contribution in [3.63, 3.8) is 0 Å². The van der Waals surface area contributed by atoms with Crippen LogP contribution in [0.5, 0.6) is 0 Å². The van der Waals surface area contributed by atoms with Crippen LogP contribution >= 0.6 is 0 Å². The van der Waals surface area contributed by atoms with E-state index in [0.29, 0.717) is 53.1 Å². The molecule has 9 atom stereocenters. The van der Waals surface area contributed by atoms with Gasteiger partial charge in [-0.25, -0.2) is 0 Å². The summed E-state index contributed by atoms with van der Waals surface area (Å²) in [6.07, 6.45) is 11.2. The Morgan fingerprint density at radius 1 is 1.10 bits per heavy atom. The Hall–Kier alpha value is -0.860. The molecule has 0 N–H and O–H groups in total. The molecule has 29 heavy (non-hydrogen) atoms. The summed E-state index contributed by atoms with van der Waals surface area (Å²) in [5.74, 6) is 4.58. The minimum absolute atomic E-state index is 0.0896. The van der Waals surface area contributed by atoms with Crippen LogP contribution in [0.1, 0.15) is 91.9 Å². The summed E-state index contributed by atoms with van der Waals surface area (Å²) in [7, 11) is 1.48. The second-order valence-electron chi connectivity index (χ2n) is 11.8. The van der Waals surface area contributed by atoms with E-state index in [1.165, 1.54) is 52.1 Å². The normalized spacial score (nSPS) is 47.7. The molecule has 0 amide bonds. The van der Waals surface area contributed by atoms with Gasteiger partial charge in [-0.1, -0.05) is 34.1 Å². The third-order valence-corrected chi connectivity index (χ3v) is 10.5. The number of carbonyl (C=O) groups is 2. The Morgan fingerprint density at radius 3 is 2.52 bits per heavy atom. The minimum atomic E-state index is -0.0896. The highest BCUT2D eigenvalue weighted by Crippen LogP contribution is 2.67.